The molecule has 0 spiro atoms. The van der Waals surface area contributed by atoms with Crippen molar-refractivity contribution in [2.45, 2.75) is 32.6 Å². The van der Waals surface area contributed by atoms with Crippen LogP contribution in [-0.2, 0) is 12.3 Å². The summed E-state index contributed by atoms with van der Waals surface area (Å²) in [4.78, 5) is 4.20. The number of nitrogens with zero attached hydrogens (tertiary/aromatic N) is 3. The molecule has 0 fully saturated rings. The predicted molar refractivity (Wildman–Crippen MR) is 69.0 cm³/mol. The van der Waals surface area contributed by atoms with Gasteiger partial charge in [0.1, 0.15) is 11.6 Å². The van der Waals surface area contributed by atoms with E-state index in [1.165, 1.54) is 0 Å². The lowest BCUT2D eigenvalue weighted by Crippen LogP contribution is -2.00. The van der Waals surface area contributed by atoms with Crippen LogP contribution in [0.4, 0.5) is 0 Å². The van der Waals surface area contributed by atoms with Gasteiger partial charge >= 0.3 is 0 Å². The third-order valence-electron chi connectivity index (χ3n) is 2.53. The minimum atomic E-state index is 0.906. The van der Waals surface area contributed by atoms with Crippen molar-refractivity contribution >= 4 is 11.8 Å². The van der Waals surface area contributed by atoms with E-state index in [1.54, 1.807) is 0 Å². The van der Waals surface area contributed by atoms with E-state index in [4.69, 9.17) is 4.52 Å². The van der Waals surface area contributed by atoms with Crippen molar-refractivity contribution in [3.8, 4) is 0 Å². The van der Waals surface area contributed by atoms with Gasteiger partial charge in [-0.25, -0.2) is 4.98 Å². The van der Waals surface area contributed by atoms with E-state index in [2.05, 4.69) is 14.7 Å². The maximum Gasteiger partial charge on any atom is 0.146 e. The van der Waals surface area contributed by atoms with E-state index in [0.29, 0.717) is 0 Å². The Bertz CT molecular complexity index is 464. The Morgan fingerprint density at radius 2 is 2.29 bits per heavy atom. The Balaban J connectivity index is 1.62. The van der Waals surface area contributed by atoms with Crippen LogP contribution in [0.25, 0.3) is 0 Å². The summed E-state index contributed by atoms with van der Waals surface area (Å²) in [6, 6.07) is 1.99. The predicted octanol–water partition coefficient (Wildman–Crippen LogP) is 2.81. The van der Waals surface area contributed by atoms with Gasteiger partial charge in [-0.3, -0.25) is 0 Å². The van der Waals surface area contributed by atoms with Crippen LogP contribution >= 0.6 is 11.8 Å². The molecule has 0 aliphatic rings. The van der Waals surface area contributed by atoms with Crippen molar-refractivity contribution in [1.29, 1.82) is 0 Å². The molecular weight excluding hydrogens is 234 g/mol. The van der Waals surface area contributed by atoms with E-state index in [9.17, 15) is 0 Å². The summed E-state index contributed by atoms with van der Waals surface area (Å²) >= 11 is 1.88. The highest BCUT2D eigenvalue weighted by Crippen LogP contribution is 2.14. The van der Waals surface area contributed by atoms with Crippen molar-refractivity contribution in [1.82, 2.24) is 14.7 Å². The van der Waals surface area contributed by atoms with Crippen LogP contribution in [0.2, 0.25) is 0 Å². The van der Waals surface area contributed by atoms with Crippen LogP contribution in [0.1, 0.15) is 23.7 Å². The summed E-state index contributed by atoms with van der Waals surface area (Å²) < 4.78 is 7.33. The monoisotopic (exact) mass is 251 g/mol. The fraction of sp³-hybridized carbons (Fsp3) is 0.500. The molecule has 0 aliphatic carbocycles. The highest BCUT2D eigenvalue weighted by molar-refractivity contribution is 7.98. The number of aryl methyl sites for hydroxylation is 3. The third kappa shape index (κ3) is 3.63. The molecule has 0 atom stereocenters. The fourth-order valence-electron chi connectivity index (χ4n) is 1.63. The maximum absolute atomic E-state index is 5.15. The molecule has 17 heavy (non-hydrogen) atoms. The summed E-state index contributed by atoms with van der Waals surface area (Å²) in [6.07, 6.45) is 5.02. The number of hydrogen-bond acceptors (Lipinski definition) is 4. The molecule has 0 amide bonds. The molecule has 2 aromatic rings. The second-order valence-corrected chi connectivity index (χ2v) is 5.11. The van der Waals surface area contributed by atoms with Gasteiger partial charge in [0.05, 0.1) is 11.4 Å². The molecule has 5 heteroatoms. The highest BCUT2D eigenvalue weighted by Gasteiger charge is 2.01. The summed E-state index contributed by atoms with van der Waals surface area (Å²) in [5, 5.41) is 3.87. The maximum atomic E-state index is 5.15. The standard InChI is InChI=1S/C12H17N3OS/c1-10-8-12(16-14-10)9-17-7-3-5-15-6-4-13-11(15)2/h4,6,8H,3,5,7,9H2,1-2H3. The Labute approximate surface area is 105 Å². The van der Waals surface area contributed by atoms with Gasteiger partial charge < -0.3 is 9.09 Å². The number of thioether (sulfide) groups is 1. The van der Waals surface area contributed by atoms with Crippen LogP contribution < -0.4 is 0 Å². The van der Waals surface area contributed by atoms with E-state index >= 15 is 0 Å². The van der Waals surface area contributed by atoms with E-state index in [0.717, 1.165) is 41.7 Å². The molecule has 0 saturated heterocycles. The van der Waals surface area contributed by atoms with Crippen LogP contribution in [0.3, 0.4) is 0 Å². The lowest BCUT2D eigenvalue weighted by molar-refractivity contribution is 0.391. The third-order valence-corrected chi connectivity index (χ3v) is 3.60. The molecule has 2 aromatic heterocycles. The van der Waals surface area contributed by atoms with Crippen molar-refractivity contribution in [2.75, 3.05) is 5.75 Å². The normalized spacial score (nSPS) is 10.9. The first kappa shape index (κ1) is 12.2. The number of imidazole rings is 1. The zero-order valence-electron chi connectivity index (χ0n) is 10.2. The first-order valence-electron chi connectivity index (χ1n) is 5.73. The average molecular weight is 251 g/mol. The van der Waals surface area contributed by atoms with Crippen molar-refractivity contribution in [3.05, 3.63) is 35.7 Å². The summed E-state index contributed by atoms with van der Waals surface area (Å²) in [6.45, 7) is 5.01. The number of rotatable bonds is 6. The Morgan fingerprint density at radius 1 is 1.41 bits per heavy atom. The van der Waals surface area contributed by atoms with E-state index < -0.39 is 0 Å². The molecule has 92 valence electrons. The minimum Gasteiger partial charge on any atom is -0.360 e. The summed E-state index contributed by atoms with van der Waals surface area (Å²) in [5.74, 6) is 4.08. The Kier molecular flexibility index (Phi) is 4.25. The van der Waals surface area contributed by atoms with Gasteiger partial charge in [-0.1, -0.05) is 5.16 Å². The molecule has 0 unspecified atom stereocenters. The molecule has 2 heterocycles. The first-order valence-corrected chi connectivity index (χ1v) is 6.89. The molecule has 4 nitrogen and oxygen atoms in total. The van der Waals surface area contributed by atoms with Gasteiger partial charge in [-0.2, -0.15) is 11.8 Å². The van der Waals surface area contributed by atoms with Gasteiger partial charge in [0.15, 0.2) is 0 Å². The Morgan fingerprint density at radius 3 is 2.94 bits per heavy atom. The van der Waals surface area contributed by atoms with Crippen LogP contribution in [0.15, 0.2) is 23.0 Å². The number of hydrogen-bond donors (Lipinski definition) is 0. The molecule has 0 bridgehead atoms. The van der Waals surface area contributed by atoms with Crippen molar-refractivity contribution < 1.29 is 4.52 Å². The average Bonchev–Trinajstić information content (AvgIpc) is 2.88. The first-order chi connectivity index (χ1) is 8.25. The second kappa shape index (κ2) is 5.91. The minimum absolute atomic E-state index is 0.906. The molecule has 0 radical (unpaired) electrons. The second-order valence-electron chi connectivity index (χ2n) is 4.01. The lowest BCUT2D eigenvalue weighted by Gasteiger charge is -2.03. The van der Waals surface area contributed by atoms with Crippen LogP contribution in [0, 0.1) is 13.8 Å². The topological polar surface area (TPSA) is 43.9 Å². The van der Waals surface area contributed by atoms with Gasteiger partial charge in [-0.15, -0.1) is 0 Å². The highest BCUT2D eigenvalue weighted by atomic mass is 32.2. The Hall–Kier alpha value is -1.23. The van der Waals surface area contributed by atoms with E-state index in [-0.39, 0.29) is 0 Å². The summed E-state index contributed by atoms with van der Waals surface area (Å²) in [7, 11) is 0. The molecule has 0 N–H and O–H groups in total. The smallest absolute Gasteiger partial charge is 0.146 e. The van der Waals surface area contributed by atoms with Gasteiger partial charge in [0, 0.05) is 25.0 Å². The van der Waals surface area contributed by atoms with Crippen molar-refractivity contribution in [2.24, 2.45) is 0 Å². The molecule has 0 aromatic carbocycles. The van der Waals surface area contributed by atoms with E-state index in [1.807, 2.05) is 44.1 Å². The van der Waals surface area contributed by atoms with Crippen LogP contribution in [0.5, 0.6) is 0 Å². The molecular formula is C12H17N3OS. The quantitative estimate of drug-likeness (QED) is 0.740. The molecule has 0 aliphatic heterocycles. The number of aromatic nitrogens is 3. The summed E-state index contributed by atoms with van der Waals surface area (Å²) in [5.41, 5.74) is 0.953. The zero-order chi connectivity index (χ0) is 12.1. The molecule has 0 saturated carbocycles. The van der Waals surface area contributed by atoms with Gasteiger partial charge in [0.2, 0.25) is 0 Å². The van der Waals surface area contributed by atoms with Crippen molar-refractivity contribution in [3.63, 3.8) is 0 Å². The SMILES string of the molecule is Cc1cc(CSCCCn2ccnc2C)on1. The lowest BCUT2D eigenvalue weighted by atomic mass is 10.4. The zero-order valence-corrected chi connectivity index (χ0v) is 11.0. The van der Waals surface area contributed by atoms with Gasteiger partial charge in [0.25, 0.3) is 0 Å². The van der Waals surface area contributed by atoms with Crippen LogP contribution in [-0.4, -0.2) is 20.5 Å². The van der Waals surface area contributed by atoms with Gasteiger partial charge in [-0.05, 0) is 26.0 Å². The largest absolute Gasteiger partial charge is 0.360 e. The molecule has 2 rings (SSSR count). The fourth-order valence-corrected chi connectivity index (χ4v) is 2.45.